The Kier molecular flexibility index (Phi) is 4.86. The summed E-state index contributed by atoms with van der Waals surface area (Å²) in [4.78, 5) is 12.6. The van der Waals surface area contributed by atoms with Gasteiger partial charge in [-0.2, -0.15) is 0 Å². The number of nitrogens with two attached hydrogens (primary N) is 1. The Morgan fingerprint density at radius 1 is 1.15 bits per heavy atom. The van der Waals surface area contributed by atoms with Crippen LogP contribution >= 0.6 is 11.6 Å². The van der Waals surface area contributed by atoms with Gasteiger partial charge in [-0.25, -0.2) is 13.2 Å². The maximum atomic E-state index is 13.1. The molecule has 2 N–H and O–H groups in total. The second kappa shape index (κ2) is 6.68. The summed E-state index contributed by atoms with van der Waals surface area (Å²) in [6.07, 6.45) is 0. The number of benzene rings is 2. The molecular formula is C19H20ClNO4S. The molecule has 0 saturated heterocycles. The van der Waals surface area contributed by atoms with Crippen molar-refractivity contribution >= 4 is 27.4 Å². The minimum Gasteiger partial charge on any atom is -0.465 e. The van der Waals surface area contributed by atoms with Gasteiger partial charge in [-0.1, -0.05) is 41.4 Å². The van der Waals surface area contributed by atoms with Gasteiger partial charge in [0.25, 0.3) is 0 Å². The van der Waals surface area contributed by atoms with E-state index in [4.69, 9.17) is 22.1 Å². The predicted molar refractivity (Wildman–Crippen MR) is 99.9 cm³/mol. The SMILES string of the molecule is CCOC(=O)[C@@]1(N)[C@H](S(=O)(=O)c2ccc(Cl)cc2)[C@@H]1c1ccc(C)cc1. The maximum absolute atomic E-state index is 13.1. The van der Waals surface area contributed by atoms with Crippen LogP contribution in [0.3, 0.4) is 0 Å². The van der Waals surface area contributed by atoms with E-state index in [-0.39, 0.29) is 11.5 Å². The Morgan fingerprint density at radius 2 is 1.73 bits per heavy atom. The van der Waals surface area contributed by atoms with Crippen molar-refractivity contribution in [2.45, 2.75) is 35.4 Å². The highest BCUT2D eigenvalue weighted by molar-refractivity contribution is 7.92. The van der Waals surface area contributed by atoms with E-state index in [9.17, 15) is 13.2 Å². The molecule has 138 valence electrons. The van der Waals surface area contributed by atoms with E-state index in [0.717, 1.165) is 5.56 Å². The lowest BCUT2D eigenvalue weighted by Gasteiger charge is -2.11. The molecule has 0 heterocycles. The van der Waals surface area contributed by atoms with Gasteiger partial charge in [0, 0.05) is 10.9 Å². The van der Waals surface area contributed by atoms with Gasteiger partial charge in [-0.15, -0.1) is 0 Å². The number of esters is 1. The molecule has 0 bridgehead atoms. The Hall–Kier alpha value is -1.89. The zero-order valence-electron chi connectivity index (χ0n) is 14.5. The quantitative estimate of drug-likeness (QED) is 0.789. The summed E-state index contributed by atoms with van der Waals surface area (Å²) in [6.45, 7) is 3.72. The molecule has 0 radical (unpaired) electrons. The van der Waals surface area contributed by atoms with Crippen molar-refractivity contribution in [3.8, 4) is 0 Å². The maximum Gasteiger partial charge on any atom is 0.328 e. The van der Waals surface area contributed by atoms with Crippen LogP contribution in [0, 0.1) is 6.92 Å². The second-order valence-corrected chi connectivity index (χ2v) is 8.97. The first-order valence-corrected chi connectivity index (χ1v) is 10.2. The van der Waals surface area contributed by atoms with E-state index in [0.29, 0.717) is 10.6 Å². The van der Waals surface area contributed by atoms with E-state index < -0.39 is 32.5 Å². The monoisotopic (exact) mass is 393 g/mol. The second-order valence-electron chi connectivity index (χ2n) is 6.46. The zero-order chi connectivity index (χ0) is 19.1. The number of rotatable bonds is 5. The van der Waals surface area contributed by atoms with Crippen LogP contribution in [0.2, 0.25) is 5.02 Å². The molecule has 0 spiro atoms. The molecule has 3 atom stereocenters. The molecule has 2 aromatic rings. The highest BCUT2D eigenvalue weighted by Gasteiger charge is 2.74. The average molecular weight is 394 g/mol. The molecule has 2 aromatic carbocycles. The third-order valence-corrected chi connectivity index (χ3v) is 7.23. The highest BCUT2D eigenvalue weighted by Crippen LogP contribution is 2.56. The van der Waals surface area contributed by atoms with Crippen LogP contribution in [0.4, 0.5) is 0 Å². The number of aryl methyl sites for hydroxylation is 1. The Morgan fingerprint density at radius 3 is 2.27 bits per heavy atom. The van der Waals surface area contributed by atoms with Gasteiger partial charge >= 0.3 is 5.97 Å². The van der Waals surface area contributed by atoms with Crippen molar-refractivity contribution in [2.24, 2.45) is 5.73 Å². The number of carbonyl (C=O) groups excluding carboxylic acids is 1. The van der Waals surface area contributed by atoms with Crippen molar-refractivity contribution in [1.29, 1.82) is 0 Å². The number of hydrogen-bond donors (Lipinski definition) is 1. The molecule has 0 aliphatic heterocycles. The Labute approximate surface area is 158 Å². The van der Waals surface area contributed by atoms with E-state index >= 15 is 0 Å². The summed E-state index contributed by atoms with van der Waals surface area (Å²) in [5.41, 5.74) is 6.44. The van der Waals surface area contributed by atoms with Crippen molar-refractivity contribution in [3.63, 3.8) is 0 Å². The molecular weight excluding hydrogens is 374 g/mol. The molecule has 1 fully saturated rings. The van der Waals surface area contributed by atoms with Gasteiger partial charge in [-0.3, -0.25) is 0 Å². The number of halogens is 1. The smallest absolute Gasteiger partial charge is 0.328 e. The van der Waals surface area contributed by atoms with E-state index in [1.165, 1.54) is 24.3 Å². The van der Waals surface area contributed by atoms with Crippen molar-refractivity contribution in [2.75, 3.05) is 6.61 Å². The fourth-order valence-corrected chi connectivity index (χ4v) is 5.66. The van der Waals surface area contributed by atoms with Crippen LogP contribution in [-0.2, 0) is 19.4 Å². The van der Waals surface area contributed by atoms with Gasteiger partial charge in [0.05, 0.1) is 11.5 Å². The topological polar surface area (TPSA) is 86.5 Å². The van der Waals surface area contributed by atoms with Crippen LogP contribution < -0.4 is 5.73 Å². The van der Waals surface area contributed by atoms with E-state index in [2.05, 4.69) is 0 Å². The zero-order valence-corrected chi connectivity index (χ0v) is 16.0. The molecule has 1 aliphatic rings. The van der Waals surface area contributed by atoms with Gasteiger partial charge in [-0.05, 0) is 43.7 Å². The Balaban J connectivity index is 2.06. The molecule has 0 aromatic heterocycles. The van der Waals surface area contributed by atoms with E-state index in [1.807, 2.05) is 19.1 Å². The number of hydrogen-bond acceptors (Lipinski definition) is 5. The van der Waals surface area contributed by atoms with Gasteiger partial charge in [0.1, 0.15) is 10.8 Å². The molecule has 0 unspecified atom stereocenters. The van der Waals surface area contributed by atoms with Crippen molar-refractivity contribution in [3.05, 3.63) is 64.7 Å². The largest absolute Gasteiger partial charge is 0.465 e. The molecule has 26 heavy (non-hydrogen) atoms. The Bertz CT molecular complexity index is 925. The van der Waals surface area contributed by atoms with Gasteiger partial charge < -0.3 is 10.5 Å². The minimum absolute atomic E-state index is 0.0839. The molecule has 1 aliphatic carbocycles. The molecule has 1 saturated carbocycles. The first kappa shape index (κ1) is 18.9. The molecule has 7 heteroatoms. The average Bonchev–Trinajstić information content (AvgIpc) is 3.25. The molecule has 5 nitrogen and oxygen atoms in total. The van der Waals surface area contributed by atoms with E-state index in [1.54, 1.807) is 19.1 Å². The summed E-state index contributed by atoms with van der Waals surface area (Å²) in [6, 6.07) is 13.2. The highest BCUT2D eigenvalue weighted by atomic mass is 35.5. The third kappa shape index (κ3) is 3.02. The van der Waals surface area contributed by atoms with Gasteiger partial charge in [0.2, 0.25) is 0 Å². The normalized spacial score (nSPS) is 24.9. The summed E-state index contributed by atoms with van der Waals surface area (Å²) in [5, 5.41) is -0.655. The standard InChI is InChI=1S/C19H20ClNO4S/c1-3-25-18(22)19(21)16(13-6-4-12(2)5-7-13)17(19)26(23,24)15-10-8-14(20)9-11-15/h4-11,16-17H,3,21H2,1-2H3/t16-,17+,19-/m0/s1. The first-order chi connectivity index (χ1) is 12.2. The summed E-state index contributed by atoms with van der Waals surface area (Å²) in [7, 11) is -3.85. The third-order valence-electron chi connectivity index (χ3n) is 4.72. The first-order valence-electron chi connectivity index (χ1n) is 8.25. The predicted octanol–water partition coefficient (Wildman–Crippen LogP) is 2.85. The fourth-order valence-electron chi connectivity index (χ4n) is 3.30. The lowest BCUT2D eigenvalue weighted by molar-refractivity contribution is -0.145. The molecule has 0 amide bonds. The number of sulfone groups is 1. The minimum atomic E-state index is -3.85. The summed E-state index contributed by atoms with van der Waals surface area (Å²) >= 11 is 5.85. The number of ether oxygens (including phenoxy) is 1. The van der Waals surface area contributed by atoms with Crippen LogP contribution in [-0.4, -0.2) is 31.8 Å². The van der Waals surface area contributed by atoms with Crippen molar-refractivity contribution in [1.82, 2.24) is 0 Å². The fraction of sp³-hybridized carbons (Fsp3) is 0.316. The lowest BCUT2D eigenvalue weighted by atomic mass is 10.1. The lowest BCUT2D eigenvalue weighted by Crippen LogP contribution is -2.41. The van der Waals surface area contributed by atoms with Crippen LogP contribution in [0.1, 0.15) is 24.0 Å². The van der Waals surface area contributed by atoms with Crippen LogP contribution in [0.25, 0.3) is 0 Å². The van der Waals surface area contributed by atoms with Crippen LogP contribution in [0.5, 0.6) is 0 Å². The summed E-state index contributed by atoms with van der Waals surface area (Å²) < 4.78 is 31.4. The molecule has 3 rings (SSSR count). The number of carbonyl (C=O) groups is 1. The van der Waals surface area contributed by atoms with Crippen molar-refractivity contribution < 1.29 is 17.9 Å². The summed E-state index contributed by atoms with van der Waals surface area (Å²) in [5.74, 6) is -1.36. The van der Waals surface area contributed by atoms with Gasteiger partial charge in [0.15, 0.2) is 9.84 Å². The van der Waals surface area contributed by atoms with Crippen LogP contribution in [0.15, 0.2) is 53.4 Å².